The van der Waals surface area contributed by atoms with E-state index in [1.807, 2.05) is 30.3 Å². The standard InChI is InChI=1S/C20H27N3O8S.CO2/c1-9-17(15(25)16(26)20(28-9)32-11-6-4-3-5-7-11)31-19-13(22-23-21)14(24)18-12(30-19)8-27-10(2)29-18;2-1-3/h3-7,9-10,12-20,24-26H,8H2,1-2H3;/t9?,10?,12?,13?,14-,15+,16?,17-,18-,19-,20+;/m1./s1. The van der Waals surface area contributed by atoms with E-state index in [4.69, 9.17) is 38.8 Å². The average molecular weight is 514 g/mol. The molecule has 0 aliphatic carbocycles. The second kappa shape index (κ2) is 12.8. The quantitative estimate of drug-likeness (QED) is 0.283. The van der Waals surface area contributed by atoms with Gasteiger partial charge in [0.2, 0.25) is 0 Å². The van der Waals surface area contributed by atoms with E-state index in [0.717, 1.165) is 4.90 Å². The monoisotopic (exact) mass is 513 g/mol. The summed E-state index contributed by atoms with van der Waals surface area (Å²) in [4.78, 5) is 19.9. The van der Waals surface area contributed by atoms with Crippen molar-refractivity contribution in [2.75, 3.05) is 6.61 Å². The first kappa shape index (κ1) is 27.5. The normalized spacial score (nSPS) is 40.8. The predicted molar refractivity (Wildman–Crippen MR) is 116 cm³/mol. The lowest BCUT2D eigenvalue weighted by molar-refractivity contribution is -0.352. The summed E-state index contributed by atoms with van der Waals surface area (Å²) in [5.41, 5.74) is 8.27. The third-order valence-corrected chi connectivity index (χ3v) is 6.90. The van der Waals surface area contributed by atoms with Gasteiger partial charge in [-0.05, 0) is 31.5 Å². The maximum Gasteiger partial charge on any atom is 0.373 e. The summed E-state index contributed by atoms with van der Waals surface area (Å²) in [7, 11) is 0. The molecule has 1 aromatic rings. The Morgan fingerprint density at radius 2 is 1.77 bits per heavy atom. The molecule has 13 nitrogen and oxygen atoms in total. The minimum absolute atomic E-state index is 0.156. The zero-order chi connectivity index (χ0) is 25.5. The zero-order valence-corrected chi connectivity index (χ0v) is 19.7. The number of carbonyl (C=O) groups excluding carboxylic acids is 2. The number of thioether (sulfide) groups is 1. The molecular weight excluding hydrogens is 486 g/mol. The summed E-state index contributed by atoms with van der Waals surface area (Å²) in [6, 6.07) is 8.27. The van der Waals surface area contributed by atoms with Crippen LogP contribution in [0.25, 0.3) is 10.4 Å². The first-order valence-electron chi connectivity index (χ1n) is 10.8. The van der Waals surface area contributed by atoms with Crippen molar-refractivity contribution in [2.24, 2.45) is 5.11 Å². The van der Waals surface area contributed by atoms with E-state index >= 15 is 0 Å². The average Bonchev–Trinajstić information content (AvgIpc) is 2.84. The van der Waals surface area contributed by atoms with Crippen molar-refractivity contribution in [3.8, 4) is 0 Å². The summed E-state index contributed by atoms with van der Waals surface area (Å²) in [6.07, 6.45) is -8.27. The van der Waals surface area contributed by atoms with Crippen LogP contribution in [-0.2, 0) is 33.3 Å². The summed E-state index contributed by atoms with van der Waals surface area (Å²) >= 11 is 1.29. The van der Waals surface area contributed by atoms with E-state index in [-0.39, 0.29) is 12.8 Å². The minimum Gasteiger partial charge on any atom is -0.390 e. The van der Waals surface area contributed by atoms with Gasteiger partial charge < -0.3 is 39.0 Å². The van der Waals surface area contributed by atoms with Crippen molar-refractivity contribution in [1.82, 2.24) is 0 Å². The number of fused-ring (bicyclic) bond motifs is 1. The molecule has 11 atom stereocenters. The van der Waals surface area contributed by atoms with Crippen LogP contribution < -0.4 is 0 Å². The Bertz CT molecular complexity index is 901. The van der Waals surface area contributed by atoms with Crippen LogP contribution in [0.4, 0.5) is 0 Å². The highest BCUT2D eigenvalue weighted by atomic mass is 32.2. The summed E-state index contributed by atoms with van der Waals surface area (Å²) in [5, 5.41) is 35.9. The van der Waals surface area contributed by atoms with Crippen LogP contribution in [0.1, 0.15) is 13.8 Å². The van der Waals surface area contributed by atoms with E-state index in [2.05, 4.69) is 10.0 Å². The number of hydrogen-bond donors (Lipinski definition) is 3. The Morgan fingerprint density at radius 3 is 2.43 bits per heavy atom. The molecule has 0 spiro atoms. The summed E-state index contributed by atoms with van der Waals surface area (Å²) in [6.45, 7) is 3.55. The van der Waals surface area contributed by atoms with Crippen molar-refractivity contribution in [3.63, 3.8) is 0 Å². The van der Waals surface area contributed by atoms with Crippen molar-refractivity contribution >= 4 is 17.9 Å². The number of rotatable bonds is 5. The molecule has 0 bridgehead atoms. The van der Waals surface area contributed by atoms with Gasteiger partial charge in [0.25, 0.3) is 0 Å². The van der Waals surface area contributed by atoms with Crippen molar-refractivity contribution in [3.05, 3.63) is 40.8 Å². The van der Waals surface area contributed by atoms with Gasteiger partial charge in [0, 0.05) is 9.81 Å². The third-order valence-electron chi connectivity index (χ3n) is 5.73. The summed E-state index contributed by atoms with van der Waals surface area (Å²) < 4.78 is 28.8. The van der Waals surface area contributed by atoms with Crippen LogP contribution in [0, 0.1) is 0 Å². The lowest BCUT2D eigenvalue weighted by Gasteiger charge is -2.48. The molecule has 3 aliphatic rings. The highest BCUT2D eigenvalue weighted by molar-refractivity contribution is 7.99. The van der Waals surface area contributed by atoms with Gasteiger partial charge in [0.05, 0.1) is 18.8 Å². The molecule has 192 valence electrons. The van der Waals surface area contributed by atoms with Gasteiger partial charge in [-0.2, -0.15) is 9.59 Å². The smallest absolute Gasteiger partial charge is 0.373 e. The Morgan fingerprint density at radius 1 is 1.09 bits per heavy atom. The number of aliphatic hydroxyl groups excluding tert-OH is 3. The van der Waals surface area contributed by atoms with Crippen LogP contribution in [0.15, 0.2) is 40.3 Å². The third kappa shape index (κ3) is 6.58. The molecule has 14 heteroatoms. The molecule has 35 heavy (non-hydrogen) atoms. The SMILES string of the molecule is CC1OCC2O[C@H](O[C@@H]3C(C)O[C@@H](Sc4ccccc4)C(O)[C@@H]3O)C(N=[N+]=[N-])[C@@H](O)[C@@H]2O1.O=C=O. The molecule has 1 aromatic carbocycles. The van der Waals surface area contributed by atoms with Crippen molar-refractivity contribution in [1.29, 1.82) is 0 Å². The van der Waals surface area contributed by atoms with Gasteiger partial charge >= 0.3 is 6.15 Å². The molecule has 5 unspecified atom stereocenters. The van der Waals surface area contributed by atoms with E-state index < -0.39 is 66.8 Å². The lowest BCUT2D eigenvalue weighted by atomic mass is 9.96. The number of aliphatic hydroxyl groups is 3. The first-order chi connectivity index (χ1) is 16.8. The van der Waals surface area contributed by atoms with E-state index in [1.165, 1.54) is 11.8 Å². The highest BCUT2D eigenvalue weighted by Gasteiger charge is 2.52. The lowest BCUT2D eigenvalue weighted by Crippen LogP contribution is -2.64. The maximum absolute atomic E-state index is 10.8. The second-order valence-electron chi connectivity index (χ2n) is 8.04. The highest BCUT2D eigenvalue weighted by Crippen LogP contribution is 2.37. The predicted octanol–water partition coefficient (Wildman–Crippen LogP) is 0.573. The molecule has 0 aromatic heterocycles. The van der Waals surface area contributed by atoms with Gasteiger partial charge in [0.1, 0.15) is 42.0 Å². The molecule has 0 saturated carbocycles. The molecular formula is C21H27N3O10S. The van der Waals surface area contributed by atoms with E-state index in [0.29, 0.717) is 0 Å². The molecule has 4 rings (SSSR count). The van der Waals surface area contributed by atoms with Crippen LogP contribution in [0.5, 0.6) is 0 Å². The number of ether oxygens (including phenoxy) is 5. The minimum atomic E-state index is -1.30. The fourth-order valence-electron chi connectivity index (χ4n) is 4.07. The van der Waals surface area contributed by atoms with Crippen LogP contribution in [-0.4, -0.2) is 94.9 Å². The molecule has 0 radical (unpaired) electrons. The molecule has 3 saturated heterocycles. The fraction of sp³-hybridized carbons (Fsp3) is 0.667. The first-order valence-corrected chi connectivity index (χ1v) is 11.7. The van der Waals surface area contributed by atoms with E-state index in [1.54, 1.807) is 13.8 Å². The van der Waals surface area contributed by atoms with Gasteiger partial charge in [-0.15, -0.1) is 0 Å². The molecule has 3 heterocycles. The Labute approximate surface area is 204 Å². The van der Waals surface area contributed by atoms with Crippen LogP contribution in [0.3, 0.4) is 0 Å². The topological polar surface area (TPSA) is 190 Å². The number of azide groups is 1. The van der Waals surface area contributed by atoms with Crippen LogP contribution >= 0.6 is 11.8 Å². The Balaban J connectivity index is 0.00000108. The van der Waals surface area contributed by atoms with Crippen LogP contribution in [0.2, 0.25) is 0 Å². The van der Waals surface area contributed by atoms with Gasteiger partial charge in [-0.3, -0.25) is 0 Å². The van der Waals surface area contributed by atoms with Gasteiger partial charge in [-0.1, -0.05) is 35.1 Å². The number of benzene rings is 1. The number of hydrogen-bond acceptors (Lipinski definition) is 12. The molecule has 3 aliphatic heterocycles. The maximum atomic E-state index is 10.8. The van der Waals surface area contributed by atoms with Gasteiger partial charge in [0.15, 0.2) is 12.6 Å². The fourth-order valence-corrected chi connectivity index (χ4v) is 5.19. The number of nitrogens with zero attached hydrogens (tertiary/aromatic N) is 3. The summed E-state index contributed by atoms with van der Waals surface area (Å²) in [5.74, 6) is 0. The molecule has 3 N–H and O–H groups in total. The largest absolute Gasteiger partial charge is 0.390 e. The Hall–Kier alpha value is -2.06. The second-order valence-corrected chi connectivity index (χ2v) is 9.21. The van der Waals surface area contributed by atoms with E-state index in [9.17, 15) is 15.3 Å². The molecule has 3 fully saturated rings. The Kier molecular flexibility index (Phi) is 10.0. The van der Waals surface area contributed by atoms with Gasteiger partial charge in [-0.25, -0.2) is 0 Å². The van der Waals surface area contributed by atoms with Crippen molar-refractivity contribution in [2.45, 2.75) is 85.5 Å². The van der Waals surface area contributed by atoms with Crippen molar-refractivity contribution < 1.29 is 48.6 Å². The molecule has 0 amide bonds. The zero-order valence-electron chi connectivity index (χ0n) is 18.9.